The maximum atomic E-state index is 13.0. The molecule has 7 rings (SSSR count). The molecule has 5 aliphatic carbocycles. The van der Waals surface area contributed by atoms with Crippen LogP contribution in [0.1, 0.15) is 60.1 Å². The van der Waals surface area contributed by atoms with Crippen LogP contribution in [0, 0.1) is 17.8 Å². The van der Waals surface area contributed by atoms with Gasteiger partial charge in [-0.3, -0.25) is 10.1 Å². The number of aliphatic hydroxyl groups is 1. The number of aliphatic hydroxyl groups excluding tert-OH is 1. The van der Waals surface area contributed by atoms with Crippen LogP contribution in [-0.2, 0) is 12.8 Å². The molecule has 32 heavy (non-hydrogen) atoms. The molecule has 0 aliphatic heterocycles. The van der Waals surface area contributed by atoms with E-state index in [2.05, 4.69) is 38.1 Å². The second-order valence-corrected chi connectivity index (χ2v) is 10.5. The number of hydrogen-bond acceptors (Lipinski definition) is 6. The molecule has 0 spiro atoms. The van der Waals surface area contributed by atoms with Crippen LogP contribution in [0.5, 0.6) is 0 Å². The standard InChI is InChI=1S/C25H31N5O2/c31-23(28-20-10-18-3-1-2-4-19(18)11-20)21-22(27-6-5-26-21)29-24(32)30-25-12-15-7-16(13-25)9-17(8-15)14-25/h1-6,15-17,20,24,30,32H,7-14H2,(H,27,29)(H,28,31). The summed E-state index contributed by atoms with van der Waals surface area (Å²) in [4.78, 5) is 21.6. The van der Waals surface area contributed by atoms with Crippen LogP contribution in [0.25, 0.3) is 0 Å². The fraction of sp³-hybridized carbons (Fsp3) is 0.560. The van der Waals surface area contributed by atoms with E-state index in [-0.39, 0.29) is 23.2 Å². The smallest absolute Gasteiger partial charge is 0.273 e. The largest absolute Gasteiger partial charge is 0.361 e. The summed E-state index contributed by atoms with van der Waals surface area (Å²) >= 11 is 0. The van der Waals surface area contributed by atoms with Gasteiger partial charge in [0.15, 0.2) is 17.9 Å². The minimum absolute atomic E-state index is 0.00141. The van der Waals surface area contributed by atoms with E-state index < -0.39 is 6.35 Å². The van der Waals surface area contributed by atoms with E-state index >= 15 is 0 Å². The number of hydrogen-bond donors (Lipinski definition) is 4. The highest BCUT2D eigenvalue weighted by Crippen LogP contribution is 2.55. The Morgan fingerprint density at radius 2 is 1.56 bits per heavy atom. The maximum absolute atomic E-state index is 13.0. The molecule has 1 amide bonds. The molecular formula is C25H31N5O2. The Hall–Kier alpha value is -2.51. The van der Waals surface area contributed by atoms with Gasteiger partial charge in [0, 0.05) is 24.0 Å². The molecule has 1 heterocycles. The van der Waals surface area contributed by atoms with Crippen LogP contribution >= 0.6 is 0 Å². The molecule has 1 unspecified atom stereocenters. The Bertz CT molecular complexity index is 965. The van der Waals surface area contributed by atoms with Crippen molar-refractivity contribution in [1.82, 2.24) is 20.6 Å². The summed E-state index contributed by atoms with van der Waals surface area (Å²) in [5.41, 5.74) is 2.78. The second-order valence-electron chi connectivity index (χ2n) is 10.5. The van der Waals surface area contributed by atoms with E-state index in [1.807, 2.05) is 12.1 Å². The predicted molar refractivity (Wildman–Crippen MR) is 121 cm³/mol. The first kappa shape index (κ1) is 20.1. The van der Waals surface area contributed by atoms with Gasteiger partial charge in [-0.2, -0.15) is 0 Å². The third-order valence-corrected chi connectivity index (χ3v) is 8.05. The fourth-order valence-corrected chi connectivity index (χ4v) is 7.27. The van der Waals surface area contributed by atoms with Gasteiger partial charge in [-0.25, -0.2) is 9.97 Å². The number of aromatic nitrogens is 2. The molecule has 1 aromatic heterocycles. The predicted octanol–water partition coefficient (Wildman–Crippen LogP) is 2.62. The molecule has 2 aromatic rings. The lowest BCUT2D eigenvalue weighted by Gasteiger charge is -2.57. The van der Waals surface area contributed by atoms with E-state index in [9.17, 15) is 9.90 Å². The van der Waals surface area contributed by atoms with Crippen LogP contribution < -0.4 is 16.0 Å². The van der Waals surface area contributed by atoms with Crippen molar-refractivity contribution in [2.45, 2.75) is 69.3 Å². The number of fused-ring (bicyclic) bond motifs is 1. The molecule has 7 nitrogen and oxygen atoms in total. The SMILES string of the molecule is O=C(NC1Cc2ccccc2C1)c1nccnc1NC(O)NC12CC3CC(CC(C3)C1)C2. The third-order valence-electron chi connectivity index (χ3n) is 8.05. The molecule has 0 radical (unpaired) electrons. The van der Waals surface area contributed by atoms with Gasteiger partial charge in [0.25, 0.3) is 5.91 Å². The van der Waals surface area contributed by atoms with E-state index in [1.54, 1.807) is 6.20 Å². The lowest BCUT2D eigenvalue weighted by atomic mass is 9.53. The van der Waals surface area contributed by atoms with Crippen molar-refractivity contribution in [2.75, 3.05) is 5.32 Å². The Morgan fingerprint density at radius 1 is 0.969 bits per heavy atom. The first-order valence-corrected chi connectivity index (χ1v) is 12.0. The van der Waals surface area contributed by atoms with Crippen molar-refractivity contribution < 1.29 is 9.90 Å². The summed E-state index contributed by atoms with van der Waals surface area (Å²) in [6.45, 7) is 0. The van der Waals surface area contributed by atoms with Gasteiger partial charge < -0.3 is 15.7 Å². The third kappa shape index (κ3) is 3.77. The number of rotatable bonds is 6. The van der Waals surface area contributed by atoms with Crippen LogP contribution in [0.3, 0.4) is 0 Å². The first-order chi connectivity index (χ1) is 15.6. The number of benzene rings is 1. The molecule has 7 heteroatoms. The quantitative estimate of drug-likeness (QED) is 0.523. The van der Waals surface area contributed by atoms with Crippen LogP contribution in [0.4, 0.5) is 5.82 Å². The molecule has 4 bridgehead atoms. The average Bonchev–Trinajstić information content (AvgIpc) is 3.15. The number of nitrogens with zero attached hydrogens (tertiary/aromatic N) is 2. The van der Waals surface area contributed by atoms with Crippen molar-refractivity contribution in [3.8, 4) is 0 Å². The van der Waals surface area contributed by atoms with Gasteiger partial charge >= 0.3 is 0 Å². The van der Waals surface area contributed by atoms with Gasteiger partial charge in [0.05, 0.1) is 0 Å². The molecule has 5 aliphatic rings. The monoisotopic (exact) mass is 433 g/mol. The lowest BCUT2D eigenvalue weighted by Crippen LogP contribution is -2.62. The molecule has 168 valence electrons. The fourth-order valence-electron chi connectivity index (χ4n) is 7.27. The minimum Gasteiger partial charge on any atom is -0.361 e. The number of carbonyl (C=O) groups is 1. The van der Waals surface area contributed by atoms with E-state index in [1.165, 1.54) is 36.6 Å². The van der Waals surface area contributed by atoms with Gasteiger partial charge in [-0.1, -0.05) is 24.3 Å². The summed E-state index contributed by atoms with van der Waals surface area (Å²) in [5.74, 6) is 2.41. The van der Waals surface area contributed by atoms with Crippen molar-refractivity contribution in [2.24, 2.45) is 17.8 Å². The highest BCUT2D eigenvalue weighted by atomic mass is 16.3. The zero-order valence-corrected chi connectivity index (χ0v) is 18.3. The number of anilines is 1. The summed E-state index contributed by atoms with van der Waals surface area (Å²) in [7, 11) is 0. The minimum atomic E-state index is -0.967. The Morgan fingerprint density at radius 3 is 2.19 bits per heavy atom. The molecular weight excluding hydrogens is 402 g/mol. The van der Waals surface area contributed by atoms with Crippen molar-refractivity contribution in [3.05, 3.63) is 53.5 Å². The molecule has 0 saturated heterocycles. The normalized spacial score (nSPS) is 31.3. The molecule has 1 aromatic carbocycles. The highest BCUT2D eigenvalue weighted by Gasteiger charge is 2.51. The van der Waals surface area contributed by atoms with Gasteiger partial charge in [-0.15, -0.1) is 0 Å². The van der Waals surface area contributed by atoms with Crippen molar-refractivity contribution in [3.63, 3.8) is 0 Å². The van der Waals surface area contributed by atoms with Crippen LogP contribution in [-0.4, -0.2) is 38.9 Å². The summed E-state index contributed by atoms with van der Waals surface area (Å²) in [6, 6.07) is 8.34. The number of amides is 1. The van der Waals surface area contributed by atoms with Gasteiger partial charge in [0.2, 0.25) is 0 Å². The first-order valence-electron chi connectivity index (χ1n) is 12.0. The Labute approximate surface area is 188 Å². The van der Waals surface area contributed by atoms with Crippen molar-refractivity contribution >= 4 is 11.7 Å². The maximum Gasteiger partial charge on any atom is 0.273 e. The second kappa shape index (κ2) is 7.81. The highest BCUT2D eigenvalue weighted by molar-refractivity contribution is 5.97. The van der Waals surface area contributed by atoms with Crippen molar-refractivity contribution in [1.29, 1.82) is 0 Å². The van der Waals surface area contributed by atoms with Gasteiger partial charge in [0.1, 0.15) is 0 Å². The van der Waals surface area contributed by atoms with E-state index in [0.717, 1.165) is 49.9 Å². The molecule has 1 atom stereocenters. The summed E-state index contributed by atoms with van der Waals surface area (Å²) in [6.07, 6.45) is 11.2. The topological polar surface area (TPSA) is 99.2 Å². The molecule has 4 N–H and O–H groups in total. The number of nitrogens with one attached hydrogen (secondary N) is 3. The zero-order chi connectivity index (χ0) is 21.7. The molecule has 4 fully saturated rings. The zero-order valence-electron chi connectivity index (χ0n) is 18.3. The summed E-state index contributed by atoms with van der Waals surface area (Å²) in [5, 5.41) is 20.4. The number of carbonyl (C=O) groups excluding carboxylic acids is 1. The van der Waals surface area contributed by atoms with Crippen LogP contribution in [0.2, 0.25) is 0 Å². The summed E-state index contributed by atoms with van der Waals surface area (Å²) < 4.78 is 0. The van der Waals surface area contributed by atoms with E-state index in [4.69, 9.17) is 0 Å². The van der Waals surface area contributed by atoms with Crippen LogP contribution in [0.15, 0.2) is 36.7 Å². The Balaban J connectivity index is 1.12. The van der Waals surface area contributed by atoms with Gasteiger partial charge in [-0.05, 0) is 80.2 Å². The lowest BCUT2D eigenvalue weighted by molar-refractivity contribution is -0.0430. The molecule has 4 saturated carbocycles. The average molecular weight is 434 g/mol. The Kier molecular flexibility index (Phi) is 4.91. The van der Waals surface area contributed by atoms with E-state index in [0.29, 0.717) is 5.82 Å².